The average molecular weight is 232 g/mol. The second-order valence-corrected chi connectivity index (χ2v) is 4.93. The van der Waals surface area contributed by atoms with Crippen LogP contribution < -0.4 is 5.73 Å². The Morgan fingerprint density at radius 1 is 1.35 bits per heavy atom. The van der Waals surface area contributed by atoms with E-state index in [0.717, 1.165) is 29.7 Å². The molecular formula is C14H20N2O. The number of aryl methyl sites for hydroxylation is 1. The SMILES string of the molecule is Cc1cc(C(=O)N(C)C2CCCC2)ccc1N. The molecule has 0 unspecified atom stereocenters. The van der Waals surface area contributed by atoms with E-state index in [2.05, 4.69) is 0 Å². The number of amides is 1. The molecule has 0 saturated heterocycles. The maximum atomic E-state index is 12.3. The summed E-state index contributed by atoms with van der Waals surface area (Å²) in [5.41, 5.74) is 8.21. The van der Waals surface area contributed by atoms with Gasteiger partial charge in [0.2, 0.25) is 0 Å². The molecule has 0 heterocycles. The molecule has 1 saturated carbocycles. The fraction of sp³-hybridized carbons (Fsp3) is 0.500. The van der Waals surface area contributed by atoms with Crippen molar-refractivity contribution >= 4 is 11.6 Å². The average Bonchev–Trinajstić information content (AvgIpc) is 2.84. The number of anilines is 1. The first kappa shape index (κ1) is 12.0. The fourth-order valence-corrected chi connectivity index (χ4v) is 2.47. The Bertz CT molecular complexity index is 422. The Labute approximate surface area is 103 Å². The molecule has 0 atom stereocenters. The van der Waals surface area contributed by atoms with Gasteiger partial charge in [0.05, 0.1) is 0 Å². The number of nitrogens with zero attached hydrogens (tertiary/aromatic N) is 1. The molecule has 3 nitrogen and oxygen atoms in total. The van der Waals surface area contributed by atoms with Crippen LogP contribution in [0, 0.1) is 6.92 Å². The van der Waals surface area contributed by atoms with Crippen molar-refractivity contribution in [2.75, 3.05) is 12.8 Å². The van der Waals surface area contributed by atoms with Crippen molar-refractivity contribution in [2.45, 2.75) is 38.6 Å². The highest BCUT2D eigenvalue weighted by molar-refractivity contribution is 5.94. The van der Waals surface area contributed by atoms with Gasteiger partial charge in [-0.25, -0.2) is 0 Å². The molecule has 0 aliphatic heterocycles. The first-order valence-electron chi connectivity index (χ1n) is 6.23. The van der Waals surface area contributed by atoms with Crippen LogP contribution in [0.25, 0.3) is 0 Å². The Balaban J connectivity index is 2.15. The third kappa shape index (κ3) is 2.43. The predicted octanol–water partition coefficient (Wildman–Crippen LogP) is 2.59. The van der Waals surface area contributed by atoms with Gasteiger partial charge in [-0.15, -0.1) is 0 Å². The van der Waals surface area contributed by atoms with Gasteiger partial charge in [-0.05, 0) is 43.5 Å². The van der Waals surface area contributed by atoms with Crippen LogP contribution in [0.3, 0.4) is 0 Å². The van der Waals surface area contributed by atoms with Crippen LogP contribution in [0.1, 0.15) is 41.6 Å². The van der Waals surface area contributed by atoms with E-state index in [9.17, 15) is 4.79 Å². The lowest BCUT2D eigenvalue weighted by Gasteiger charge is -2.24. The number of rotatable bonds is 2. The molecule has 1 aromatic rings. The van der Waals surface area contributed by atoms with Crippen LogP contribution in [-0.2, 0) is 0 Å². The van der Waals surface area contributed by atoms with Gasteiger partial charge in [-0.3, -0.25) is 4.79 Å². The number of nitrogen functional groups attached to an aromatic ring is 1. The van der Waals surface area contributed by atoms with Gasteiger partial charge in [-0.1, -0.05) is 12.8 Å². The molecule has 1 aliphatic rings. The minimum atomic E-state index is 0.111. The Morgan fingerprint density at radius 2 is 2.00 bits per heavy atom. The Hall–Kier alpha value is -1.51. The smallest absolute Gasteiger partial charge is 0.253 e. The second-order valence-electron chi connectivity index (χ2n) is 4.93. The van der Waals surface area contributed by atoms with Gasteiger partial charge in [0.25, 0.3) is 5.91 Å². The summed E-state index contributed by atoms with van der Waals surface area (Å²) in [5, 5.41) is 0. The lowest BCUT2D eigenvalue weighted by Crippen LogP contribution is -2.35. The number of nitrogens with two attached hydrogens (primary N) is 1. The summed E-state index contributed by atoms with van der Waals surface area (Å²) in [6, 6.07) is 5.92. The normalized spacial score (nSPS) is 16.1. The molecule has 17 heavy (non-hydrogen) atoms. The summed E-state index contributed by atoms with van der Waals surface area (Å²) in [6.45, 7) is 1.93. The summed E-state index contributed by atoms with van der Waals surface area (Å²) in [5.74, 6) is 0.111. The standard InChI is InChI=1S/C14H20N2O/c1-10-9-11(7-8-13(10)15)14(17)16(2)12-5-3-4-6-12/h7-9,12H,3-6,15H2,1-2H3. The van der Waals surface area contributed by atoms with E-state index in [1.165, 1.54) is 12.8 Å². The molecule has 1 aromatic carbocycles. The molecule has 0 radical (unpaired) electrons. The first-order chi connectivity index (χ1) is 8.09. The minimum absolute atomic E-state index is 0.111. The third-order valence-corrected chi connectivity index (χ3v) is 3.71. The van der Waals surface area contributed by atoms with Gasteiger partial charge in [-0.2, -0.15) is 0 Å². The number of hydrogen-bond donors (Lipinski definition) is 1. The highest BCUT2D eigenvalue weighted by Gasteiger charge is 2.24. The number of carbonyl (C=O) groups excluding carboxylic acids is 1. The third-order valence-electron chi connectivity index (χ3n) is 3.71. The van der Waals surface area contributed by atoms with Crippen molar-refractivity contribution in [2.24, 2.45) is 0 Å². The van der Waals surface area contributed by atoms with Crippen molar-refractivity contribution in [1.82, 2.24) is 4.90 Å². The van der Waals surface area contributed by atoms with E-state index in [1.807, 2.05) is 37.1 Å². The van der Waals surface area contributed by atoms with Crippen molar-refractivity contribution < 1.29 is 4.79 Å². The van der Waals surface area contributed by atoms with Crippen molar-refractivity contribution in [3.63, 3.8) is 0 Å². The zero-order valence-electron chi connectivity index (χ0n) is 10.6. The van der Waals surface area contributed by atoms with Crippen LogP contribution in [0.15, 0.2) is 18.2 Å². The van der Waals surface area contributed by atoms with Crippen molar-refractivity contribution in [3.05, 3.63) is 29.3 Å². The van der Waals surface area contributed by atoms with E-state index < -0.39 is 0 Å². The number of carbonyl (C=O) groups is 1. The monoisotopic (exact) mass is 232 g/mol. The predicted molar refractivity (Wildman–Crippen MR) is 69.9 cm³/mol. The first-order valence-corrected chi connectivity index (χ1v) is 6.23. The van der Waals surface area contributed by atoms with Gasteiger partial charge >= 0.3 is 0 Å². The number of hydrogen-bond acceptors (Lipinski definition) is 2. The largest absolute Gasteiger partial charge is 0.399 e. The van der Waals surface area contributed by atoms with Crippen LogP contribution >= 0.6 is 0 Å². The minimum Gasteiger partial charge on any atom is -0.399 e. The van der Waals surface area contributed by atoms with Gasteiger partial charge in [0.15, 0.2) is 0 Å². The quantitative estimate of drug-likeness (QED) is 0.797. The topological polar surface area (TPSA) is 46.3 Å². The summed E-state index contributed by atoms with van der Waals surface area (Å²) in [7, 11) is 1.91. The molecule has 0 spiro atoms. The summed E-state index contributed by atoms with van der Waals surface area (Å²) >= 11 is 0. The molecule has 1 aliphatic carbocycles. The second kappa shape index (κ2) is 4.78. The van der Waals surface area contributed by atoms with Crippen LogP contribution in [0.5, 0.6) is 0 Å². The van der Waals surface area contributed by atoms with Crippen molar-refractivity contribution in [1.29, 1.82) is 0 Å². The molecule has 2 rings (SSSR count). The summed E-state index contributed by atoms with van der Waals surface area (Å²) < 4.78 is 0. The lowest BCUT2D eigenvalue weighted by molar-refractivity contribution is 0.0735. The van der Waals surface area contributed by atoms with E-state index >= 15 is 0 Å². The highest BCUT2D eigenvalue weighted by Crippen LogP contribution is 2.24. The molecule has 3 heteroatoms. The van der Waals surface area contributed by atoms with Gasteiger partial charge in [0.1, 0.15) is 0 Å². The molecule has 2 N–H and O–H groups in total. The molecular weight excluding hydrogens is 212 g/mol. The Morgan fingerprint density at radius 3 is 2.59 bits per heavy atom. The molecule has 92 valence electrons. The molecule has 1 amide bonds. The maximum absolute atomic E-state index is 12.3. The van der Waals surface area contributed by atoms with Gasteiger partial charge in [0, 0.05) is 24.3 Å². The molecule has 0 bridgehead atoms. The highest BCUT2D eigenvalue weighted by atomic mass is 16.2. The maximum Gasteiger partial charge on any atom is 0.253 e. The zero-order chi connectivity index (χ0) is 12.4. The number of benzene rings is 1. The van der Waals surface area contributed by atoms with Crippen LogP contribution in [0.4, 0.5) is 5.69 Å². The molecule has 1 fully saturated rings. The van der Waals surface area contributed by atoms with E-state index in [1.54, 1.807) is 0 Å². The summed E-state index contributed by atoms with van der Waals surface area (Å²) in [6.07, 6.45) is 4.75. The van der Waals surface area contributed by atoms with E-state index in [0.29, 0.717) is 6.04 Å². The van der Waals surface area contributed by atoms with Gasteiger partial charge < -0.3 is 10.6 Å². The zero-order valence-corrected chi connectivity index (χ0v) is 10.6. The summed E-state index contributed by atoms with van der Waals surface area (Å²) in [4.78, 5) is 14.2. The fourth-order valence-electron chi connectivity index (χ4n) is 2.47. The van der Waals surface area contributed by atoms with Crippen molar-refractivity contribution in [3.8, 4) is 0 Å². The Kier molecular flexibility index (Phi) is 3.36. The van der Waals surface area contributed by atoms with Crippen LogP contribution in [-0.4, -0.2) is 23.9 Å². The molecule has 0 aromatic heterocycles. The van der Waals surface area contributed by atoms with E-state index in [-0.39, 0.29) is 5.91 Å². The lowest BCUT2D eigenvalue weighted by atomic mass is 10.1. The van der Waals surface area contributed by atoms with E-state index in [4.69, 9.17) is 5.73 Å². The van der Waals surface area contributed by atoms with Crippen LogP contribution in [0.2, 0.25) is 0 Å².